The Hall–Kier alpha value is -2.72. The maximum atomic E-state index is 12.8. The van der Waals surface area contributed by atoms with Gasteiger partial charge in [0.25, 0.3) is 5.91 Å². The molecule has 5 N–H and O–H groups in total. The standard InChI is InChI=1S/C22H33BN4O6S/c1-16(2)13-18(15-24)21(28)25-12-8-7-11-19(27-34(3,32)33)22(29)26-20(23(30)31)14-17-9-5-4-6-10-17/h4-6,9-10,13,16,19-20,27,30-31H,7-8,11-12,14H2,1-3H3,(H,25,28)(H,26,29)/t19-,20-/m0/s1. The van der Waals surface area contributed by atoms with Crippen molar-refractivity contribution in [1.82, 2.24) is 15.4 Å². The largest absolute Gasteiger partial charge is 0.475 e. The number of amides is 2. The van der Waals surface area contributed by atoms with E-state index in [0.717, 1.165) is 11.8 Å². The van der Waals surface area contributed by atoms with Crippen molar-refractivity contribution in [3.8, 4) is 6.07 Å². The maximum Gasteiger partial charge on any atom is 0.475 e. The first-order chi connectivity index (χ1) is 15.9. The molecule has 2 amide bonds. The van der Waals surface area contributed by atoms with Crippen LogP contribution in [0.1, 0.15) is 38.7 Å². The number of nitrogens with zero attached hydrogens (tertiary/aromatic N) is 1. The highest BCUT2D eigenvalue weighted by molar-refractivity contribution is 7.88. The highest BCUT2D eigenvalue weighted by Gasteiger charge is 2.29. The second-order valence-electron chi connectivity index (χ2n) is 8.35. The number of rotatable bonds is 14. The molecule has 0 radical (unpaired) electrons. The summed E-state index contributed by atoms with van der Waals surface area (Å²) in [6, 6.07) is 9.65. The average Bonchev–Trinajstić information content (AvgIpc) is 2.75. The molecule has 0 saturated heterocycles. The topological polar surface area (TPSA) is 169 Å². The molecule has 0 bridgehead atoms. The number of nitrogens with one attached hydrogen (secondary N) is 3. The highest BCUT2D eigenvalue weighted by atomic mass is 32.2. The lowest BCUT2D eigenvalue weighted by Crippen LogP contribution is -2.54. The molecule has 0 heterocycles. The summed E-state index contributed by atoms with van der Waals surface area (Å²) in [6.07, 6.45) is 3.60. The first-order valence-corrected chi connectivity index (χ1v) is 12.9. The van der Waals surface area contributed by atoms with Crippen LogP contribution in [0, 0.1) is 17.2 Å². The molecule has 10 nitrogen and oxygen atoms in total. The minimum atomic E-state index is -3.71. The summed E-state index contributed by atoms with van der Waals surface area (Å²) >= 11 is 0. The first-order valence-electron chi connectivity index (χ1n) is 11.0. The van der Waals surface area contributed by atoms with Crippen LogP contribution in [0.15, 0.2) is 42.0 Å². The first kappa shape index (κ1) is 29.3. The number of sulfonamides is 1. The molecule has 186 valence electrons. The van der Waals surface area contributed by atoms with Crippen molar-refractivity contribution < 1.29 is 28.1 Å². The van der Waals surface area contributed by atoms with Crippen LogP contribution in [0.2, 0.25) is 0 Å². The zero-order chi connectivity index (χ0) is 25.7. The fourth-order valence-electron chi connectivity index (χ4n) is 3.15. The Balaban J connectivity index is 2.69. The molecule has 0 saturated carbocycles. The van der Waals surface area contributed by atoms with Crippen LogP contribution in [0.3, 0.4) is 0 Å². The molecule has 0 aliphatic heterocycles. The second kappa shape index (κ2) is 14.5. The lowest BCUT2D eigenvalue weighted by Gasteiger charge is -2.22. The molecule has 1 aromatic rings. The second-order valence-corrected chi connectivity index (χ2v) is 10.1. The molecule has 2 atom stereocenters. The predicted octanol–water partition coefficient (Wildman–Crippen LogP) is 0.0362. The van der Waals surface area contributed by atoms with E-state index in [2.05, 4.69) is 15.4 Å². The smallest absolute Gasteiger partial charge is 0.426 e. The van der Waals surface area contributed by atoms with Gasteiger partial charge in [0.2, 0.25) is 15.9 Å². The normalized spacial score (nSPS) is 13.6. The lowest BCUT2D eigenvalue weighted by atomic mass is 9.75. The van der Waals surface area contributed by atoms with Crippen molar-refractivity contribution in [2.45, 2.75) is 51.5 Å². The lowest BCUT2D eigenvalue weighted by molar-refractivity contribution is -0.123. The number of hydrogen-bond donors (Lipinski definition) is 5. The summed E-state index contributed by atoms with van der Waals surface area (Å²) in [5.41, 5.74) is 0.797. The third-order valence-electron chi connectivity index (χ3n) is 4.73. The number of allylic oxidation sites excluding steroid dienone is 1. The number of nitriles is 1. The summed E-state index contributed by atoms with van der Waals surface area (Å²) < 4.78 is 25.8. The third-order valence-corrected chi connectivity index (χ3v) is 5.44. The highest BCUT2D eigenvalue weighted by Crippen LogP contribution is 2.08. The molecule has 0 unspecified atom stereocenters. The van der Waals surface area contributed by atoms with Gasteiger partial charge in [0, 0.05) is 6.54 Å². The number of carbonyl (C=O) groups is 2. The quantitative estimate of drug-likeness (QED) is 0.106. The molecule has 0 spiro atoms. The molecule has 34 heavy (non-hydrogen) atoms. The van der Waals surface area contributed by atoms with E-state index in [0.29, 0.717) is 12.8 Å². The molecule has 12 heteroatoms. The number of hydrogen-bond acceptors (Lipinski definition) is 7. The predicted molar refractivity (Wildman–Crippen MR) is 129 cm³/mol. The summed E-state index contributed by atoms with van der Waals surface area (Å²) in [5.74, 6) is -2.16. The van der Waals surface area contributed by atoms with Gasteiger partial charge in [0.15, 0.2) is 0 Å². The minimum Gasteiger partial charge on any atom is -0.426 e. The Labute approximate surface area is 201 Å². The Bertz CT molecular complexity index is 977. The summed E-state index contributed by atoms with van der Waals surface area (Å²) in [5, 5.41) is 33.6. The van der Waals surface area contributed by atoms with Crippen LogP contribution in [-0.2, 0) is 26.0 Å². The van der Waals surface area contributed by atoms with E-state index < -0.39 is 40.9 Å². The van der Waals surface area contributed by atoms with Crippen molar-refractivity contribution in [3.63, 3.8) is 0 Å². The van der Waals surface area contributed by atoms with Gasteiger partial charge < -0.3 is 20.7 Å². The Kier molecular flexibility index (Phi) is 12.5. The van der Waals surface area contributed by atoms with Crippen LogP contribution >= 0.6 is 0 Å². The summed E-state index contributed by atoms with van der Waals surface area (Å²) in [4.78, 5) is 24.8. The minimum absolute atomic E-state index is 0.0259. The van der Waals surface area contributed by atoms with E-state index in [1.807, 2.05) is 26.0 Å². The van der Waals surface area contributed by atoms with Crippen molar-refractivity contribution in [3.05, 3.63) is 47.5 Å². The van der Waals surface area contributed by atoms with Gasteiger partial charge in [-0.05, 0) is 37.2 Å². The molecule has 1 aromatic carbocycles. The van der Waals surface area contributed by atoms with Crippen LogP contribution in [0.4, 0.5) is 0 Å². The Morgan fingerprint density at radius 2 is 1.82 bits per heavy atom. The van der Waals surface area contributed by atoms with Crippen molar-refractivity contribution in [2.24, 2.45) is 5.92 Å². The van der Waals surface area contributed by atoms with E-state index in [1.165, 1.54) is 0 Å². The monoisotopic (exact) mass is 492 g/mol. The van der Waals surface area contributed by atoms with Crippen LogP contribution < -0.4 is 15.4 Å². The molecule has 0 fully saturated rings. The Morgan fingerprint density at radius 1 is 1.18 bits per heavy atom. The van der Waals surface area contributed by atoms with E-state index in [4.69, 9.17) is 5.26 Å². The molecule has 1 rings (SSSR count). The number of unbranched alkanes of at least 4 members (excludes halogenated alkanes) is 1. The van der Waals surface area contributed by atoms with E-state index >= 15 is 0 Å². The van der Waals surface area contributed by atoms with Gasteiger partial charge in [-0.2, -0.15) is 5.26 Å². The fraction of sp³-hybridized carbons (Fsp3) is 0.500. The molecular formula is C22H33BN4O6S. The number of carbonyl (C=O) groups excluding carboxylic acids is 2. The van der Waals surface area contributed by atoms with Crippen LogP contribution in [-0.4, -0.2) is 62.2 Å². The van der Waals surface area contributed by atoms with Gasteiger partial charge in [-0.1, -0.05) is 50.3 Å². The summed E-state index contributed by atoms with van der Waals surface area (Å²) in [7, 11) is -5.56. The molecule has 0 aliphatic rings. The van der Waals surface area contributed by atoms with E-state index in [9.17, 15) is 28.1 Å². The van der Waals surface area contributed by atoms with Gasteiger partial charge in [0.05, 0.1) is 12.2 Å². The van der Waals surface area contributed by atoms with E-state index in [1.54, 1.807) is 30.3 Å². The SMILES string of the molecule is CC(C)C=C(C#N)C(=O)NCCCC[C@H](NS(C)(=O)=O)C(=O)N[C@@H](Cc1ccccc1)B(O)O. The van der Waals surface area contributed by atoms with Crippen LogP contribution in [0.5, 0.6) is 0 Å². The third kappa shape index (κ3) is 11.9. The van der Waals surface area contributed by atoms with Gasteiger partial charge >= 0.3 is 7.12 Å². The zero-order valence-corrected chi connectivity index (χ0v) is 20.5. The van der Waals surface area contributed by atoms with Gasteiger partial charge in [0.1, 0.15) is 17.7 Å². The molecule has 0 aliphatic carbocycles. The zero-order valence-electron chi connectivity index (χ0n) is 19.7. The number of benzene rings is 1. The van der Waals surface area contributed by atoms with E-state index in [-0.39, 0.29) is 30.9 Å². The molecular weight excluding hydrogens is 459 g/mol. The van der Waals surface area contributed by atoms with Crippen LogP contribution in [0.25, 0.3) is 0 Å². The fourth-order valence-corrected chi connectivity index (χ4v) is 3.89. The van der Waals surface area contributed by atoms with Crippen molar-refractivity contribution in [2.75, 3.05) is 12.8 Å². The van der Waals surface area contributed by atoms with Crippen molar-refractivity contribution in [1.29, 1.82) is 5.26 Å². The Morgan fingerprint density at radius 3 is 2.35 bits per heavy atom. The van der Waals surface area contributed by atoms with Crippen molar-refractivity contribution >= 4 is 29.0 Å². The van der Waals surface area contributed by atoms with Gasteiger partial charge in [-0.25, -0.2) is 13.1 Å². The van der Waals surface area contributed by atoms with Gasteiger partial charge in [-0.15, -0.1) is 0 Å². The summed E-state index contributed by atoms with van der Waals surface area (Å²) in [6.45, 7) is 3.95. The van der Waals surface area contributed by atoms with Gasteiger partial charge in [-0.3, -0.25) is 9.59 Å². The maximum absolute atomic E-state index is 12.8. The molecule has 0 aromatic heterocycles. The average molecular weight is 492 g/mol.